The van der Waals surface area contributed by atoms with Crippen LogP contribution in [0.1, 0.15) is 32.3 Å². The highest BCUT2D eigenvalue weighted by Crippen LogP contribution is 2.60. The molecule has 144 valence electrons. The van der Waals surface area contributed by atoms with E-state index < -0.39 is 10.0 Å². The van der Waals surface area contributed by atoms with E-state index in [1.807, 2.05) is 0 Å². The Morgan fingerprint density at radius 2 is 1.56 bits per heavy atom. The zero-order valence-corrected chi connectivity index (χ0v) is 16.3. The van der Waals surface area contributed by atoms with Gasteiger partial charge >= 0.3 is 0 Å². The van der Waals surface area contributed by atoms with Crippen LogP contribution in [0, 0.1) is 23.7 Å². The maximum atomic E-state index is 12.9. The van der Waals surface area contributed by atoms with E-state index in [-0.39, 0.29) is 40.4 Å². The molecular weight excluding hydrogens is 364 g/mol. The third-order valence-corrected chi connectivity index (χ3v) is 7.33. The van der Waals surface area contributed by atoms with Gasteiger partial charge in [-0.1, -0.05) is 23.3 Å². The SMILES string of the molecule is CC(C)=C1C2CCC1C1C(=O)N(CCc3ccc(S(N)(=O)=O)cc3)C(=O)C21. The third-order valence-electron chi connectivity index (χ3n) is 6.40. The first kappa shape index (κ1) is 18.4. The van der Waals surface area contributed by atoms with Crippen LogP contribution >= 0.6 is 0 Å². The number of fused-ring (bicyclic) bond motifs is 5. The molecule has 2 N–H and O–H groups in total. The Morgan fingerprint density at radius 3 is 2.00 bits per heavy atom. The molecule has 3 aliphatic rings. The van der Waals surface area contributed by atoms with Crippen LogP contribution in [-0.2, 0) is 26.0 Å². The molecule has 2 amide bonds. The lowest BCUT2D eigenvalue weighted by molar-refractivity contribution is -0.140. The quantitative estimate of drug-likeness (QED) is 0.629. The van der Waals surface area contributed by atoms with Crippen molar-refractivity contribution < 1.29 is 18.0 Å². The molecule has 4 atom stereocenters. The van der Waals surface area contributed by atoms with E-state index in [0.29, 0.717) is 13.0 Å². The Morgan fingerprint density at radius 1 is 1.04 bits per heavy atom. The second-order valence-electron chi connectivity index (χ2n) is 8.06. The van der Waals surface area contributed by atoms with Gasteiger partial charge in [-0.2, -0.15) is 0 Å². The number of imide groups is 1. The standard InChI is InChI=1S/C20H24N2O4S/c1-11(2)16-14-7-8-15(16)18-17(14)19(23)22(20(18)24)10-9-12-3-5-13(6-4-12)27(21,25)26/h3-6,14-15,17-18H,7-10H2,1-2H3,(H2,21,25,26). The van der Waals surface area contributed by atoms with Gasteiger partial charge in [-0.05, 0) is 62.6 Å². The minimum absolute atomic E-state index is 0.0305. The van der Waals surface area contributed by atoms with Crippen molar-refractivity contribution in [2.24, 2.45) is 28.8 Å². The van der Waals surface area contributed by atoms with Crippen molar-refractivity contribution in [2.75, 3.05) is 6.54 Å². The Hall–Kier alpha value is -1.99. The molecule has 0 aromatic heterocycles. The van der Waals surface area contributed by atoms with Crippen molar-refractivity contribution >= 4 is 21.8 Å². The molecule has 4 unspecified atom stereocenters. The van der Waals surface area contributed by atoms with E-state index in [2.05, 4.69) is 13.8 Å². The van der Waals surface area contributed by atoms with Crippen LogP contribution in [0.25, 0.3) is 0 Å². The van der Waals surface area contributed by atoms with E-state index in [1.54, 1.807) is 12.1 Å². The highest BCUT2D eigenvalue weighted by Gasteiger charge is 2.63. The lowest BCUT2D eigenvalue weighted by Crippen LogP contribution is -2.35. The maximum Gasteiger partial charge on any atom is 0.238 e. The average Bonchev–Trinajstić information content (AvgIpc) is 3.23. The predicted octanol–water partition coefficient (Wildman–Crippen LogP) is 1.85. The molecule has 27 heavy (non-hydrogen) atoms. The van der Waals surface area contributed by atoms with Crippen molar-refractivity contribution in [2.45, 2.75) is 38.0 Å². The highest BCUT2D eigenvalue weighted by atomic mass is 32.2. The van der Waals surface area contributed by atoms with Crippen molar-refractivity contribution in [3.63, 3.8) is 0 Å². The van der Waals surface area contributed by atoms with Gasteiger partial charge in [0.2, 0.25) is 21.8 Å². The zero-order chi connectivity index (χ0) is 19.5. The van der Waals surface area contributed by atoms with Gasteiger partial charge in [0.05, 0.1) is 16.7 Å². The van der Waals surface area contributed by atoms with Gasteiger partial charge in [0.15, 0.2) is 0 Å². The summed E-state index contributed by atoms with van der Waals surface area (Å²) in [6, 6.07) is 6.26. The molecule has 6 nitrogen and oxygen atoms in total. The van der Waals surface area contributed by atoms with Gasteiger partial charge in [0.25, 0.3) is 0 Å². The number of primary sulfonamides is 1. The molecule has 3 fully saturated rings. The number of carbonyl (C=O) groups is 2. The van der Waals surface area contributed by atoms with E-state index in [1.165, 1.54) is 28.2 Å². The Balaban J connectivity index is 1.49. The number of nitrogens with zero attached hydrogens (tertiary/aromatic N) is 1. The van der Waals surface area contributed by atoms with Crippen LogP contribution in [0.2, 0.25) is 0 Å². The topological polar surface area (TPSA) is 97.5 Å². The molecule has 1 heterocycles. The number of likely N-dealkylation sites (tertiary alicyclic amines) is 1. The Bertz CT molecular complexity index is 913. The maximum absolute atomic E-state index is 12.9. The van der Waals surface area contributed by atoms with Gasteiger partial charge in [0, 0.05) is 6.54 Å². The fraction of sp³-hybridized carbons (Fsp3) is 0.500. The number of nitrogens with two attached hydrogens (primary N) is 1. The fourth-order valence-corrected chi connectivity index (χ4v) is 5.88. The normalized spacial score (nSPS) is 29.6. The van der Waals surface area contributed by atoms with Crippen LogP contribution in [0.4, 0.5) is 0 Å². The summed E-state index contributed by atoms with van der Waals surface area (Å²) in [6.07, 6.45) is 2.52. The smallest absolute Gasteiger partial charge is 0.238 e. The number of carbonyl (C=O) groups excluding carboxylic acids is 2. The fourth-order valence-electron chi connectivity index (χ4n) is 5.36. The van der Waals surface area contributed by atoms with Gasteiger partial charge in [-0.15, -0.1) is 0 Å². The van der Waals surface area contributed by atoms with Crippen LogP contribution in [-0.4, -0.2) is 31.7 Å². The van der Waals surface area contributed by atoms with Crippen molar-refractivity contribution in [3.8, 4) is 0 Å². The summed E-state index contributed by atoms with van der Waals surface area (Å²) in [5.74, 6) is 0.0621. The first-order valence-electron chi connectivity index (χ1n) is 9.34. The largest absolute Gasteiger partial charge is 0.282 e. The zero-order valence-electron chi connectivity index (χ0n) is 15.5. The van der Waals surface area contributed by atoms with Gasteiger partial charge in [0.1, 0.15) is 0 Å². The lowest BCUT2D eigenvalue weighted by Gasteiger charge is -2.19. The molecule has 1 saturated heterocycles. The van der Waals surface area contributed by atoms with Gasteiger partial charge in [-0.3, -0.25) is 14.5 Å². The number of rotatable bonds is 4. The summed E-state index contributed by atoms with van der Waals surface area (Å²) in [7, 11) is -3.72. The number of hydrogen-bond donors (Lipinski definition) is 1. The van der Waals surface area contributed by atoms with Crippen LogP contribution < -0.4 is 5.14 Å². The van der Waals surface area contributed by atoms with Crippen molar-refractivity contribution in [3.05, 3.63) is 41.0 Å². The number of benzene rings is 1. The second kappa shape index (κ2) is 6.27. The molecule has 2 saturated carbocycles. The number of sulfonamides is 1. The minimum atomic E-state index is -3.72. The first-order valence-corrected chi connectivity index (χ1v) is 10.9. The predicted molar refractivity (Wildman–Crippen MR) is 99.8 cm³/mol. The van der Waals surface area contributed by atoms with Gasteiger partial charge < -0.3 is 0 Å². The summed E-state index contributed by atoms with van der Waals surface area (Å²) < 4.78 is 22.7. The molecule has 0 spiro atoms. The minimum Gasteiger partial charge on any atom is -0.282 e. The van der Waals surface area contributed by atoms with Crippen LogP contribution in [0.3, 0.4) is 0 Å². The average molecular weight is 388 g/mol. The summed E-state index contributed by atoms with van der Waals surface area (Å²) in [4.78, 5) is 27.4. The van der Waals surface area contributed by atoms with E-state index in [9.17, 15) is 18.0 Å². The number of hydrogen-bond acceptors (Lipinski definition) is 4. The molecule has 7 heteroatoms. The monoisotopic (exact) mass is 388 g/mol. The molecule has 1 aromatic carbocycles. The van der Waals surface area contributed by atoms with E-state index >= 15 is 0 Å². The molecule has 2 aliphatic carbocycles. The Labute approximate surface area is 159 Å². The molecule has 4 rings (SSSR count). The first-order chi connectivity index (χ1) is 12.7. The number of allylic oxidation sites excluding steroid dienone is 2. The molecule has 2 bridgehead atoms. The molecule has 1 aromatic rings. The van der Waals surface area contributed by atoms with Crippen molar-refractivity contribution in [1.29, 1.82) is 0 Å². The molecule has 0 radical (unpaired) electrons. The molecular formula is C20H24N2O4S. The highest BCUT2D eigenvalue weighted by molar-refractivity contribution is 7.89. The van der Waals surface area contributed by atoms with Gasteiger partial charge in [-0.25, -0.2) is 13.6 Å². The number of amides is 2. The van der Waals surface area contributed by atoms with E-state index in [4.69, 9.17) is 5.14 Å². The van der Waals surface area contributed by atoms with Crippen LogP contribution in [0.5, 0.6) is 0 Å². The van der Waals surface area contributed by atoms with Crippen molar-refractivity contribution in [1.82, 2.24) is 4.90 Å². The summed E-state index contributed by atoms with van der Waals surface area (Å²) in [5.41, 5.74) is 3.48. The summed E-state index contributed by atoms with van der Waals surface area (Å²) in [6.45, 7) is 4.50. The van der Waals surface area contributed by atoms with E-state index in [0.717, 1.165) is 18.4 Å². The summed E-state index contributed by atoms with van der Waals surface area (Å²) in [5, 5.41) is 5.10. The third kappa shape index (κ3) is 2.84. The Kier molecular flexibility index (Phi) is 4.27. The lowest BCUT2D eigenvalue weighted by atomic mass is 9.81. The second-order valence-corrected chi connectivity index (χ2v) is 9.63. The van der Waals surface area contributed by atoms with Crippen LogP contribution in [0.15, 0.2) is 40.3 Å². The molecule has 1 aliphatic heterocycles. The summed E-state index contributed by atoms with van der Waals surface area (Å²) >= 11 is 0.